The van der Waals surface area contributed by atoms with Crippen molar-refractivity contribution >= 4 is 92.9 Å². The molecule has 6 aromatic carbocycles. The average Bonchev–Trinajstić information content (AvgIpc) is 1.68. The molecule has 101 heavy (non-hydrogen) atoms. The van der Waals surface area contributed by atoms with Crippen molar-refractivity contribution in [2.24, 2.45) is 9.98 Å². The van der Waals surface area contributed by atoms with Crippen LogP contribution >= 0.6 is 45.9 Å². The number of nitrogens with one attached hydrogen (secondary N) is 2. The monoisotopic (exact) mass is 1450 g/mol. The van der Waals surface area contributed by atoms with E-state index < -0.39 is 41.3 Å². The Hall–Kier alpha value is -9.64. The summed E-state index contributed by atoms with van der Waals surface area (Å²) in [4.78, 5) is 84.1. The van der Waals surface area contributed by atoms with Crippen molar-refractivity contribution < 1.29 is 56.7 Å². The van der Waals surface area contributed by atoms with Gasteiger partial charge in [-0.2, -0.15) is 0 Å². The largest absolute Gasteiger partial charge is 0.466 e. The molecule has 8 aromatic rings. The van der Waals surface area contributed by atoms with Gasteiger partial charge < -0.3 is 49.2 Å². The maximum Gasteiger partial charge on any atom is 0.338 e. The van der Waals surface area contributed by atoms with Gasteiger partial charge in [-0.1, -0.05) is 59.6 Å². The minimum absolute atomic E-state index is 0.0495. The number of carbonyl (C=O) groups is 4. The Morgan fingerprint density at radius 3 is 1.35 bits per heavy atom. The standard InChI is InChI=1S/C37H36ClFN6O5S.C36H34ClFN6O5S/c1-37(2,48)22-4-9-26(10-5-22)50-27-11-7-24(8-12-27)45-20-25-19-43(15-16-44(25)36(45)47)21-30-31(35(46)49-3)32(28-13-6-23(39)18-29(28)38)42-33(41-30)34-40-14-17-51-34;1-47-21-22-3-8-26(9-4-22)49-27-10-6-24(7-11-27)44-19-25-18-42(14-15-43(25)36(44)46)20-30-31(35(45)48-2)32(28-12-5-23(38)17-29(28)37)41-33(40-30)34-39-13-16-50-34/h4-14,17-18,25,32,48H,15-16,19-21H2,1-3H3,(H,41,42);3-13,16-17,25,32H,14-15,18-21H2,1-2H3,(H,40,41)/t2*25-,32-/m00/s1. The summed E-state index contributed by atoms with van der Waals surface area (Å²) in [6.07, 6.45) is 3.35. The van der Waals surface area contributed by atoms with Crippen LogP contribution in [0.1, 0.15) is 58.2 Å². The van der Waals surface area contributed by atoms with E-state index in [2.05, 4.69) is 30.4 Å². The number of methoxy groups -OCH3 is 3. The number of aliphatic imine (C=N–C) groups is 2. The summed E-state index contributed by atoms with van der Waals surface area (Å²) < 4.78 is 55.7. The van der Waals surface area contributed by atoms with Crippen LogP contribution in [0, 0.1) is 11.6 Å². The van der Waals surface area contributed by atoms with Crippen molar-refractivity contribution in [2.45, 2.75) is 50.2 Å². The van der Waals surface area contributed by atoms with Crippen molar-refractivity contribution in [1.82, 2.24) is 40.2 Å². The van der Waals surface area contributed by atoms with Gasteiger partial charge in [0.25, 0.3) is 0 Å². The van der Waals surface area contributed by atoms with Gasteiger partial charge >= 0.3 is 24.0 Å². The number of hydrogen-bond acceptors (Lipinski definition) is 20. The molecule has 0 radical (unpaired) electrons. The van der Waals surface area contributed by atoms with E-state index in [1.807, 2.05) is 118 Å². The third kappa shape index (κ3) is 15.5. The van der Waals surface area contributed by atoms with Crippen molar-refractivity contribution in [1.29, 1.82) is 0 Å². The van der Waals surface area contributed by atoms with E-state index >= 15 is 0 Å². The first-order chi connectivity index (χ1) is 48.8. The smallest absolute Gasteiger partial charge is 0.338 e. The second-order valence-electron chi connectivity index (χ2n) is 25.1. The second-order valence-corrected chi connectivity index (χ2v) is 27.7. The molecule has 28 heteroatoms. The van der Waals surface area contributed by atoms with Crippen LogP contribution in [0.3, 0.4) is 0 Å². The van der Waals surface area contributed by atoms with E-state index in [0.717, 1.165) is 22.5 Å². The summed E-state index contributed by atoms with van der Waals surface area (Å²) >= 11 is 15.8. The van der Waals surface area contributed by atoms with E-state index in [4.69, 9.17) is 56.9 Å². The number of urea groups is 2. The number of hydrogen-bond donors (Lipinski definition) is 3. The molecule has 0 aliphatic carbocycles. The van der Waals surface area contributed by atoms with Crippen LogP contribution in [0.2, 0.25) is 10.0 Å². The Balaban J connectivity index is 0.000000181. The van der Waals surface area contributed by atoms with Gasteiger partial charge in [-0.25, -0.2) is 37.9 Å². The number of carbonyl (C=O) groups excluding carboxylic acids is 4. The molecule has 2 aromatic heterocycles. The van der Waals surface area contributed by atoms with Crippen LogP contribution in [0.4, 0.5) is 29.7 Å². The number of anilines is 2. The number of aromatic nitrogens is 2. The summed E-state index contributed by atoms with van der Waals surface area (Å²) in [5.74, 6) is 1.44. The summed E-state index contributed by atoms with van der Waals surface area (Å²) in [6.45, 7) is 9.00. The fraction of sp³-hybridized carbons (Fsp3) is 0.288. The number of esters is 2. The molecule has 3 N–H and O–H groups in total. The highest BCUT2D eigenvalue weighted by molar-refractivity contribution is 7.12. The Bertz CT molecular complexity index is 4510. The van der Waals surface area contributed by atoms with Gasteiger partial charge in [-0.3, -0.25) is 29.6 Å². The zero-order chi connectivity index (χ0) is 70.6. The highest BCUT2D eigenvalue weighted by atomic mass is 35.5. The molecule has 6 aliphatic heterocycles. The molecule has 0 spiro atoms. The van der Waals surface area contributed by atoms with Crippen LogP contribution in [-0.2, 0) is 36.0 Å². The lowest BCUT2D eigenvalue weighted by atomic mass is 9.95. The molecular weight excluding hydrogens is 1380 g/mol. The predicted molar refractivity (Wildman–Crippen MR) is 381 cm³/mol. The molecule has 0 saturated carbocycles. The number of thiazole rings is 2. The summed E-state index contributed by atoms with van der Waals surface area (Å²) in [5.41, 5.74) is 5.10. The first-order valence-corrected chi connectivity index (χ1v) is 34.9. The lowest BCUT2D eigenvalue weighted by Gasteiger charge is -2.38. The van der Waals surface area contributed by atoms with E-state index in [-0.39, 0.29) is 45.3 Å². The minimum Gasteiger partial charge on any atom is -0.466 e. The predicted octanol–water partition coefficient (Wildman–Crippen LogP) is 12.1. The zero-order valence-corrected chi connectivity index (χ0v) is 58.7. The molecule has 22 nitrogen and oxygen atoms in total. The molecule has 6 aliphatic rings. The van der Waals surface area contributed by atoms with E-state index in [1.54, 1.807) is 43.2 Å². The normalized spacial score (nSPS) is 19.4. The lowest BCUT2D eigenvalue weighted by Crippen LogP contribution is -2.53. The number of fused-ring (bicyclic) bond motifs is 2. The van der Waals surface area contributed by atoms with Gasteiger partial charge in [0.2, 0.25) is 0 Å². The number of rotatable bonds is 19. The molecule has 4 saturated heterocycles. The first-order valence-electron chi connectivity index (χ1n) is 32.4. The van der Waals surface area contributed by atoms with Crippen LogP contribution < -0.4 is 29.9 Å². The number of nitrogens with zero attached hydrogens (tertiary/aromatic N) is 10. The average molecular weight is 1450 g/mol. The van der Waals surface area contributed by atoms with Crippen molar-refractivity contribution in [3.05, 3.63) is 233 Å². The van der Waals surface area contributed by atoms with Crippen LogP contribution in [-0.4, -0.2) is 169 Å². The number of ether oxygens (including phenoxy) is 5. The maximum absolute atomic E-state index is 14.0. The minimum atomic E-state index is -0.938. The number of piperazine rings is 2. The molecule has 4 amide bonds. The zero-order valence-electron chi connectivity index (χ0n) is 55.5. The summed E-state index contributed by atoms with van der Waals surface area (Å²) in [7, 11) is 4.28. The third-order valence-electron chi connectivity index (χ3n) is 18.0. The van der Waals surface area contributed by atoms with E-state index in [1.165, 1.54) is 73.3 Å². The summed E-state index contributed by atoms with van der Waals surface area (Å²) in [5, 5.41) is 22.1. The quantitative estimate of drug-likeness (QED) is 0.0639. The molecule has 522 valence electrons. The van der Waals surface area contributed by atoms with Gasteiger partial charge in [-0.15, -0.1) is 22.7 Å². The van der Waals surface area contributed by atoms with Crippen molar-refractivity contribution in [2.75, 3.05) is 96.6 Å². The summed E-state index contributed by atoms with van der Waals surface area (Å²) in [6, 6.07) is 36.0. The Morgan fingerprint density at radius 2 is 0.980 bits per heavy atom. The molecule has 0 unspecified atom stereocenters. The SMILES string of the molecule is COC(=O)C1=C(CN2CCN3C(=O)N(c4ccc(Oc5ccc(C(C)(C)O)cc5)cc4)C[C@@H]3C2)NC(c2nccs2)=N[C@H]1c1ccc(F)cc1Cl.COCc1ccc(Oc2ccc(N3C[C@@H]4CN(CC5=C(C(=O)OC)[C@H](c6ccc(F)cc6Cl)N=C(c6nccs6)N5)CCN4C3=O)cc2)cc1. The number of amides is 4. The fourth-order valence-corrected chi connectivity index (χ4v) is 14.8. The Kier molecular flexibility index (Phi) is 20.9. The van der Waals surface area contributed by atoms with Gasteiger partial charge in [0.15, 0.2) is 21.7 Å². The fourth-order valence-electron chi connectivity index (χ4n) is 13.1. The van der Waals surface area contributed by atoms with E-state index in [9.17, 15) is 33.1 Å². The molecule has 8 heterocycles. The van der Waals surface area contributed by atoms with Crippen LogP contribution in [0.15, 0.2) is 189 Å². The van der Waals surface area contributed by atoms with Crippen molar-refractivity contribution in [3.63, 3.8) is 0 Å². The Morgan fingerprint density at radius 1 is 0.574 bits per heavy atom. The Labute approximate surface area is 599 Å². The molecule has 0 bridgehead atoms. The maximum atomic E-state index is 14.0. The lowest BCUT2D eigenvalue weighted by molar-refractivity contribution is -0.137. The number of halogens is 4. The molecule has 4 atom stereocenters. The van der Waals surface area contributed by atoms with E-state index in [0.29, 0.717) is 139 Å². The number of benzene rings is 6. The first kappa shape index (κ1) is 69.8. The highest BCUT2D eigenvalue weighted by Gasteiger charge is 2.45. The highest BCUT2D eigenvalue weighted by Crippen LogP contribution is 2.41. The second kappa shape index (κ2) is 30.3. The molecule has 4 fully saturated rings. The van der Waals surface area contributed by atoms with Gasteiger partial charge in [-0.05, 0) is 122 Å². The topological polar surface area (TPSA) is 229 Å². The van der Waals surface area contributed by atoms with Gasteiger partial charge in [0.05, 0.1) is 49.7 Å². The molecule has 14 rings (SSSR count). The third-order valence-corrected chi connectivity index (χ3v) is 20.3. The van der Waals surface area contributed by atoms with Crippen LogP contribution in [0.25, 0.3) is 0 Å². The van der Waals surface area contributed by atoms with Crippen molar-refractivity contribution in [3.8, 4) is 23.0 Å². The van der Waals surface area contributed by atoms with Gasteiger partial charge in [0.1, 0.15) is 46.7 Å². The van der Waals surface area contributed by atoms with Gasteiger partial charge in [0, 0.05) is 140 Å². The number of amidine groups is 2. The molecular formula is C73H70Cl2F2N12O10S2. The van der Waals surface area contributed by atoms with Crippen LogP contribution in [0.5, 0.6) is 23.0 Å². The number of aliphatic hydroxyl groups is 1.